The van der Waals surface area contributed by atoms with Crippen LogP contribution >= 0.6 is 0 Å². The monoisotopic (exact) mass is 369 g/mol. The summed E-state index contributed by atoms with van der Waals surface area (Å²) >= 11 is 0. The van der Waals surface area contributed by atoms with Crippen LogP contribution in [0.1, 0.15) is 70.3 Å². The molecule has 4 heteroatoms. The molecule has 4 aliphatic carbocycles. The summed E-state index contributed by atoms with van der Waals surface area (Å²) in [5, 5.41) is 3.30. The van der Waals surface area contributed by atoms with Gasteiger partial charge in [-0.15, -0.1) is 0 Å². The van der Waals surface area contributed by atoms with Crippen molar-refractivity contribution in [1.82, 2.24) is 5.32 Å². The molecule has 5 rings (SSSR count). The highest BCUT2D eigenvalue weighted by Gasteiger charge is 2.51. The molecule has 27 heavy (non-hydrogen) atoms. The summed E-state index contributed by atoms with van der Waals surface area (Å²) in [6.07, 6.45) is 6.92. The minimum absolute atomic E-state index is 0.0379. The van der Waals surface area contributed by atoms with E-state index in [4.69, 9.17) is 4.74 Å². The molecule has 0 aliphatic heterocycles. The Morgan fingerprint density at radius 1 is 1.04 bits per heavy atom. The minimum Gasteiger partial charge on any atom is -0.453 e. The maximum absolute atomic E-state index is 12.7. The van der Waals surface area contributed by atoms with Crippen LogP contribution in [0.5, 0.6) is 0 Å². The van der Waals surface area contributed by atoms with Crippen LogP contribution in [0.3, 0.4) is 0 Å². The molecule has 4 bridgehead atoms. The van der Waals surface area contributed by atoms with Gasteiger partial charge in [0.1, 0.15) is 0 Å². The van der Waals surface area contributed by atoms with Crippen LogP contribution in [0.25, 0.3) is 0 Å². The summed E-state index contributed by atoms with van der Waals surface area (Å²) in [6.45, 7) is 3.71. The highest BCUT2D eigenvalue weighted by Crippen LogP contribution is 2.55. The van der Waals surface area contributed by atoms with E-state index in [1.807, 2.05) is 37.3 Å². The summed E-state index contributed by atoms with van der Waals surface area (Å²) in [7, 11) is 0. The molecule has 146 valence electrons. The smallest absolute Gasteiger partial charge is 0.307 e. The normalized spacial score (nSPS) is 33.3. The van der Waals surface area contributed by atoms with Gasteiger partial charge in [-0.25, -0.2) is 0 Å². The van der Waals surface area contributed by atoms with Crippen LogP contribution in [0, 0.1) is 17.8 Å². The van der Waals surface area contributed by atoms with Crippen molar-refractivity contribution in [2.45, 2.75) is 76.4 Å². The molecule has 1 aromatic rings. The van der Waals surface area contributed by atoms with Crippen molar-refractivity contribution >= 4 is 11.9 Å². The lowest BCUT2D eigenvalue weighted by Crippen LogP contribution is -2.61. The molecule has 4 saturated carbocycles. The number of carbonyl (C=O) groups excluding carboxylic acids is 2. The molecule has 1 N–H and O–H groups in total. The predicted molar refractivity (Wildman–Crippen MR) is 104 cm³/mol. The number of esters is 1. The molecule has 0 aromatic heterocycles. The van der Waals surface area contributed by atoms with Crippen molar-refractivity contribution in [2.75, 3.05) is 0 Å². The van der Waals surface area contributed by atoms with Gasteiger partial charge in [-0.05, 0) is 74.7 Å². The number of rotatable bonds is 6. The van der Waals surface area contributed by atoms with E-state index in [0.717, 1.165) is 42.6 Å². The van der Waals surface area contributed by atoms with Crippen LogP contribution in [-0.2, 0) is 14.3 Å². The first kappa shape index (κ1) is 18.5. The maximum Gasteiger partial charge on any atom is 0.307 e. The van der Waals surface area contributed by atoms with Crippen LogP contribution in [0.15, 0.2) is 30.3 Å². The fourth-order valence-electron chi connectivity index (χ4n) is 6.07. The Morgan fingerprint density at radius 2 is 1.59 bits per heavy atom. The molecule has 0 heterocycles. The fraction of sp³-hybridized carbons (Fsp3) is 0.652. The molecular weight excluding hydrogens is 338 g/mol. The first-order valence-corrected chi connectivity index (χ1v) is 10.5. The van der Waals surface area contributed by atoms with Crippen molar-refractivity contribution in [1.29, 1.82) is 0 Å². The van der Waals surface area contributed by atoms with E-state index in [1.165, 1.54) is 19.3 Å². The van der Waals surface area contributed by atoms with E-state index >= 15 is 0 Å². The SMILES string of the molecule is C[C@H](CC(=O)O[C@H](C)C(=O)NC12CC3CC(CC(C3)C1)C2)c1ccccc1. The van der Waals surface area contributed by atoms with E-state index in [1.54, 1.807) is 6.92 Å². The lowest BCUT2D eigenvalue weighted by Gasteiger charge is -2.57. The highest BCUT2D eigenvalue weighted by atomic mass is 16.5. The number of amides is 1. The second-order valence-corrected chi connectivity index (χ2v) is 9.34. The number of hydrogen-bond acceptors (Lipinski definition) is 3. The average Bonchev–Trinajstić information content (AvgIpc) is 2.60. The zero-order valence-electron chi connectivity index (χ0n) is 16.4. The van der Waals surface area contributed by atoms with Gasteiger partial charge in [0.2, 0.25) is 0 Å². The number of hydrogen-bond donors (Lipinski definition) is 1. The van der Waals surface area contributed by atoms with Gasteiger partial charge in [0.05, 0.1) is 6.42 Å². The van der Waals surface area contributed by atoms with Gasteiger partial charge < -0.3 is 10.1 Å². The summed E-state index contributed by atoms with van der Waals surface area (Å²) in [5.41, 5.74) is 1.07. The summed E-state index contributed by atoms with van der Waals surface area (Å²) < 4.78 is 5.47. The molecule has 2 atom stereocenters. The number of benzene rings is 1. The zero-order chi connectivity index (χ0) is 19.0. The van der Waals surface area contributed by atoms with Gasteiger partial charge in [0.25, 0.3) is 5.91 Å². The molecule has 1 amide bonds. The van der Waals surface area contributed by atoms with Crippen molar-refractivity contribution in [2.24, 2.45) is 17.8 Å². The number of carbonyl (C=O) groups is 2. The summed E-state index contributed by atoms with van der Waals surface area (Å²) in [5.74, 6) is 1.98. The third-order valence-electron chi connectivity index (χ3n) is 6.95. The van der Waals surface area contributed by atoms with E-state index in [9.17, 15) is 9.59 Å². The predicted octanol–water partition coefficient (Wildman–Crippen LogP) is 4.20. The Labute approximate surface area is 162 Å². The van der Waals surface area contributed by atoms with Gasteiger partial charge >= 0.3 is 5.97 Å². The molecular formula is C23H31NO3. The molecule has 4 aliphatic rings. The molecule has 0 spiro atoms. The minimum atomic E-state index is -0.728. The third kappa shape index (κ3) is 4.04. The van der Waals surface area contributed by atoms with Gasteiger partial charge in [0, 0.05) is 5.54 Å². The summed E-state index contributed by atoms with van der Waals surface area (Å²) in [4.78, 5) is 25.0. The van der Waals surface area contributed by atoms with Gasteiger partial charge in [-0.2, -0.15) is 0 Å². The summed E-state index contributed by atoms with van der Waals surface area (Å²) in [6, 6.07) is 9.94. The third-order valence-corrected chi connectivity index (χ3v) is 6.95. The number of ether oxygens (including phenoxy) is 1. The molecule has 0 radical (unpaired) electrons. The molecule has 4 fully saturated rings. The first-order chi connectivity index (χ1) is 12.9. The lowest BCUT2D eigenvalue weighted by molar-refractivity contribution is -0.157. The Bertz CT molecular complexity index is 664. The first-order valence-electron chi connectivity index (χ1n) is 10.5. The Morgan fingerprint density at radius 3 is 2.15 bits per heavy atom. The Hall–Kier alpha value is -1.84. The van der Waals surface area contributed by atoms with Gasteiger partial charge in [-0.1, -0.05) is 37.3 Å². The lowest BCUT2D eigenvalue weighted by atomic mass is 9.53. The average molecular weight is 370 g/mol. The zero-order valence-corrected chi connectivity index (χ0v) is 16.4. The van der Waals surface area contributed by atoms with Crippen LogP contribution in [-0.4, -0.2) is 23.5 Å². The van der Waals surface area contributed by atoms with E-state index in [0.29, 0.717) is 6.42 Å². The van der Waals surface area contributed by atoms with Gasteiger partial charge in [-0.3, -0.25) is 9.59 Å². The van der Waals surface area contributed by atoms with Crippen LogP contribution in [0.2, 0.25) is 0 Å². The standard InChI is InChI=1S/C23H31NO3/c1-15(20-6-4-3-5-7-20)8-21(25)27-16(2)22(26)24-23-12-17-9-18(13-23)11-19(10-17)14-23/h3-7,15-19H,8-14H2,1-2H3,(H,24,26)/t15-,16-,17?,18?,19?,23?/m1/s1. The van der Waals surface area contributed by atoms with Gasteiger partial charge in [0.15, 0.2) is 6.10 Å². The van der Waals surface area contributed by atoms with Crippen molar-refractivity contribution in [3.05, 3.63) is 35.9 Å². The second kappa shape index (κ2) is 7.29. The van der Waals surface area contributed by atoms with Crippen molar-refractivity contribution < 1.29 is 14.3 Å². The van der Waals surface area contributed by atoms with E-state index < -0.39 is 6.10 Å². The van der Waals surface area contributed by atoms with E-state index in [-0.39, 0.29) is 23.3 Å². The second-order valence-electron chi connectivity index (χ2n) is 9.34. The largest absolute Gasteiger partial charge is 0.453 e. The topological polar surface area (TPSA) is 55.4 Å². The molecule has 0 saturated heterocycles. The van der Waals surface area contributed by atoms with Crippen LogP contribution in [0.4, 0.5) is 0 Å². The Balaban J connectivity index is 1.30. The van der Waals surface area contributed by atoms with Crippen LogP contribution < -0.4 is 5.32 Å². The molecule has 1 aromatic carbocycles. The maximum atomic E-state index is 12.7. The van der Waals surface area contributed by atoms with Crippen molar-refractivity contribution in [3.63, 3.8) is 0 Å². The fourth-order valence-corrected chi connectivity index (χ4v) is 6.07. The van der Waals surface area contributed by atoms with E-state index in [2.05, 4.69) is 5.32 Å². The molecule has 0 unspecified atom stereocenters. The quantitative estimate of drug-likeness (QED) is 0.765. The number of nitrogens with one attached hydrogen (secondary N) is 1. The van der Waals surface area contributed by atoms with Crippen molar-refractivity contribution in [3.8, 4) is 0 Å². The Kier molecular flexibility index (Phi) is 5.00. The highest BCUT2D eigenvalue weighted by molar-refractivity contribution is 5.84. The molecule has 4 nitrogen and oxygen atoms in total.